The Morgan fingerprint density at radius 3 is 2.22 bits per heavy atom. The van der Waals surface area contributed by atoms with Gasteiger partial charge < -0.3 is 25.1 Å². The molecule has 0 bridgehead atoms. The van der Waals surface area contributed by atoms with E-state index >= 15 is 0 Å². The number of piperazine rings is 1. The Morgan fingerprint density at radius 2 is 1.69 bits per heavy atom. The summed E-state index contributed by atoms with van der Waals surface area (Å²) in [5.41, 5.74) is 6.07. The summed E-state index contributed by atoms with van der Waals surface area (Å²) < 4.78 is 76.5. The second-order valence-corrected chi connectivity index (χ2v) is 6.99. The number of halogens is 6. The number of likely N-dealkylation sites (N-methyl/N-ethyl adjacent to an activating group) is 1. The molecule has 0 amide bonds. The van der Waals surface area contributed by atoms with Gasteiger partial charge in [-0.05, 0) is 25.2 Å². The van der Waals surface area contributed by atoms with Crippen LogP contribution in [0.2, 0.25) is 0 Å². The number of hydrogen-bond acceptors (Lipinski definition) is 7. The average Bonchev–Trinajstić information content (AvgIpc) is 3.05. The lowest BCUT2D eigenvalue weighted by Gasteiger charge is -2.33. The van der Waals surface area contributed by atoms with Gasteiger partial charge in [0.05, 0.1) is 5.56 Å². The fourth-order valence-corrected chi connectivity index (χ4v) is 3.05. The van der Waals surface area contributed by atoms with Crippen molar-refractivity contribution in [2.45, 2.75) is 12.4 Å². The van der Waals surface area contributed by atoms with Gasteiger partial charge in [0.2, 0.25) is 5.95 Å². The molecule has 4 rings (SSSR count). The molecule has 3 heterocycles. The second-order valence-electron chi connectivity index (χ2n) is 6.99. The van der Waals surface area contributed by atoms with Gasteiger partial charge in [-0.3, -0.25) is 0 Å². The SMILES string of the molecule is CN1CCN(c2nc(N)nc3c2oc2ccc(C(F)(F)F)cc23)CC1.O=C(O)C(F)(F)F. The molecule has 3 N–H and O–H groups in total. The molecule has 1 fully saturated rings. The number of carboxylic acid groups (broad SMARTS) is 1. The lowest BCUT2D eigenvalue weighted by molar-refractivity contribution is -0.192. The van der Waals surface area contributed by atoms with E-state index in [0.717, 1.165) is 38.3 Å². The number of hydrogen-bond donors (Lipinski definition) is 2. The molecule has 0 aliphatic carbocycles. The van der Waals surface area contributed by atoms with Gasteiger partial charge in [-0.25, -0.2) is 9.78 Å². The minimum atomic E-state index is -5.08. The van der Waals surface area contributed by atoms with E-state index in [4.69, 9.17) is 20.1 Å². The Labute approximate surface area is 176 Å². The minimum absolute atomic E-state index is 0.0153. The van der Waals surface area contributed by atoms with E-state index in [1.54, 1.807) is 0 Å². The lowest BCUT2D eigenvalue weighted by Crippen LogP contribution is -2.44. The first kappa shape index (κ1) is 23.4. The molecule has 2 aromatic heterocycles. The van der Waals surface area contributed by atoms with E-state index in [1.165, 1.54) is 6.07 Å². The quantitative estimate of drug-likeness (QED) is 0.527. The maximum absolute atomic E-state index is 13.0. The minimum Gasteiger partial charge on any atom is -0.475 e. The highest BCUT2D eigenvalue weighted by molar-refractivity contribution is 6.06. The monoisotopic (exact) mass is 465 g/mol. The van der Waals surface area contributed by atoms with Gasteiger partial charge in [-0.1, -0.05) is 0 Å². The zero-order valence-electron chi connectivity index (χ0n) is 16.5. The molecule has 0 spiro atoms. The largest absolute Gasteiger partial charge is 0.490 e. The lowest BCUT2D eigenvalue weighted by atomic mass is 10.1. The van der Waals surface area contributed by atoms with E-state index in [0.29, 0.717) is 22.5 Å². The third-order valence-electron chi connectivity index (χ3n) is 4.68. The number of aromatic nitrogens is 2. The number of nitrogens with zero attached hydrogens (tertiary/aromatic N) is 4. The van der Waals surface area contributed by atoms with Crippen molar-refractivity contribution in [1.82, 2.24) is 14.9 Å². The molecule has 32 heavy (non-hydrogen) atoms. The predicted octanol–water partition coefficient (Wildman–Crippen LogP) is 3.36. The number of benzene rings is 1. The van der Waals surface area contributed by atoms with Crippen molar-refractivity contribution in [2.24, 2.45) is 0 Å². The zero-order chi connectivity index (χ0) is 23.8. The van der Waals surface area contributed by atoms with Crippen LogP contribution in [0.15, 0.2) is 22.6 Å². The molecule has 8 nitrogen and oxygen atoms in total. The van der Waals surface area contributed by atoms with Gasteiger partial charge in [0.15, 0.2) is 11.4 Å². The number of anilines is 2. The standard InChI is InChI=1S/C16H16F3N5O.C2HF3O2/c1-23-4-6-24(7-5-23)14-13-12(21-15(20)22-14)10-8-9(16(17,18)19)2-3-11(10)25-13;3-2(4,5)1(6)7/h2-3,8H,4-7H2,1H3,(H2,20,21,22);(H,6,7). The summed E-state index contributed by atoms with van der Waals surface area (Å²) in [6, 6.07) is 3.35. The molecule has 3 aromatic rings. The number of carboxylic acids is 1. The van der Waals surface area contributed by atoms with Gasteiger partial charge >= 0.3 is 18.3 Å². The molecule has 174 valence electrons. The Kier molecular flexibility index (Phi) is 6.09. The maximum Gasteiger partial charge on any atom is 0.490 e. The molecule has 1 aromatic carbocycles. The zero-order valence-corrected chi connectivity index (χ0v) is 16.5. The van der Waals surface area contributed by atoms with Crippen molar-refractivity contribution in [3.63, 3.8) is 0 Å². The van der Waals surface area contributed by atoms with Crippen LogP contribution in [0, 0.1) is 0 Å². The normalized spacial score (nSPS) is 15.7. The van der Waals surface area contributed by atoms with Crippen LogP contribution in [0.4, 0.5) is 38.1 Å². The molecule has 14 heteroatoms. The smallest absolute Gasteiger partial charge is 0.475 e. The predicted molar refractivity (Wildman–Crippen MR) is 102 cm³/mol. The van der Waals surface area contributed by atoms with Crippen LogP contribution in [0.5, 0.6) is 0 Å². The van der Waals surface area contributed by atoms with E-state index in [1.807, 2.05) is 11.9 Å². The number of rotatable bonds is 1. The Morgan fingerprint density at radius 1 is 1.09 bits per heavy atom. The number of nitrogens with two attached hydrogens (primary N) is 1. The van der Waals surface area contributed by atoms with E-state index in [-0.39, 0.29) is 11.3 Å². The fourth-order valence-electron chi connectivity index (χ4n) is 3.05. The third-order valence-corrected chi connectivity index (χ3v) is 4.68. The Bertz CT molecular complexity index is 1140. The number of furan rings is 1. The first-order valence-electron chi connectivity index (χ1n) is 9.08. The molecule has 1 aliphatic rings. The number of nitrogen functional groups attached to an aromatic ring is 1. The molecule has 1 saturated heterocycles. The Hall–Kier alpha value is -3.29. The van der Waals surface area contributed by atoms with E-state index < -0.39 is 23.9 Å². The van der Waals surface area contributed by atoms with Crippen molar-refractivity contribution in [2.75, 3.05) is 43.9 Å². The maximum atomic E-state index is 13.0. The molecule has 0 saturated carbocycles. The summed E-state index contributed by atoms with van der Waals surface area (Å²) in [5, 5.41) is 7.41. The van der Waals surface area contributed by atoms with Crippen molar-refractivity contribution >= 4 is 39.8 Å². The van der Waals surface area contributed by atoms with Crippen LogP contribution in [-0.4, -0.2) is 65.3 Å². The number of aliphatic carboxylic acids is 1. The Balaban J connectivity index is 0.000000360. The highest BCUT2D eigenvalue weighted by Crippen LogP contribution is 2.37. The average molecular weight is 465 g/mol. The summed E-state index contributed by atoms with van der Waals surface area (Å²) in [5.74, 6) is -2.21. The number of carbonyl (C=O) groups is 1. The highest BCUT2D eigenvalue weighted by Gasteiger charge is 2.38. The summed E-state index contributed by atoms with van der Waals surface area (Å²) in [6.45, 7) is 3.16. The van der Waals surface area contributed by atoms with Gasteiger partial charge in [-0.2, -0.15) is 31.3 Å². The second kappa shape index (κ2) is 8.33. The van der Waals surface area contributed by atoms with Crippen LogP contribution >= 0.6 is 0 Å². The van der Waals surface area contributed by atoms with Crippen LogP contribution < -0.4 is 10.6 Å². The topological polar surface area (TPSA) is 109 Å². The highest BCUT2D eigenvalue weighted by atomic mass is 19.4. The summed E-state index contributed by atoms with van der Waals surface area (Å²) in [7, 11) is 2.03. The molecular formula is C18H17F6N5O3. The molecule has 0 unspecified atom stereocenters. The number of alkyl halides is 6. The summed E-state index contributed by atoms with van der Waals surface area (Å²) in [6.07, 6.45) is -9.52. The van der Waals surface area contributed by atoms with Gasteiger partial charge in [0.1, 0.15) is 11.1 Å². The third kappa shape index (κ3) is 4.95. The first-order chi connectivity index (χ1) is 14.8. The first-order valence-corrected chi connectivity index (χ1v) is 9.08. The number of fused-ring (bicyclic) bond motifs is 3. The van der Waals surface area contributed by atoms with Gasteiger partial charge in [0, 0.05) is 31.6 Å². The van der Waals surface area contributed by atoms with Crippen LogP contribution in [0.25, 0.3) is 22.1 Å². The van der Waals surface area contributed by atoms with Crippen molar-refractivity contribution in [3.8, 4) is 0 Å². The molecule has 0 atom stereocenters. The van der Waals surface area contributed by atoms with Crippen molar-refractivity contribution in [1.29, 1.82) is 0 Å². The van der Waals surface area contributed by atoms with Crippen molar-refractivity contribution in [3.05, 3.63) is 23.8 Å². The van der Waals surface area contributed by atoms with Gasteiger partial charge in [-0.15, -0.1) is 0 Å². The fraction of sp³-hybridized carbons (Fsp3) is 0.389. The summed E-state index contributed by atoms with van der Waals surface area (Å²) >= 11 is 0. The van der Waals surface area contributed by atoms with Crippen LogP contribution in [0.3, 0.4) is 0 Å². The molecule has 0 radical (unpaired) electrons. The van der Waals surface area contributed by atoms with Crippen molar-refractivity contribution < 1.29 is 40.7 Å². The van der Waals surface area contributed by atoms with Gasteiger partial charge in [0.25, 0.3) is 0 Å². The van der Waals surface area contributed by atoms with Crippen LogP contribution in [-0.2, 0) is 11.0 Å². The van der Waals surface area contributed by atoms with Crippen LogP contribution in [0.1, 0.15) is 5.56 Å². The summed E-state index contributed by atoms with van der Waals surface area (Å²) in [4.78, 5) is 21.5. The van der Waals surface area contributed by atoms with E-state index in [9.17, 15) is 26.3 Å². The molecular weight excluding hydrogens is 448 g/mol. The van der Waals surface area contributed by atoms with E-state index in [2.05, 4.69) is 14.9 Å². The molecule has 1 aliphatic heterocycles.